The minimum absolute atomic E-state index is 0. The molecule has 0 aromatic heterocycles. The van der Waals surface area contributed by atoms with E-state index in [1.807, 2.05) is 0 Å². The number of esters is 1. The molecule has 0 aromatic carbocycles. The van der Waals surface area contributed by atoms with Gasteiger partial charge in [-0.25, -0.2) is 0 Å². The van der Waals surface area contributed by atoms with E-state index in [0.29, 0.717) is 6.61 Å². The normalized spacial score (nSPS) is 10.2. The Morgan fingerprint density at radius 1 is 0.655 bits per heavy atom. The van der Waals surface area contributed by atoms with Gasteiger partial charge in [0, 0.05) is 17.3 Å². The minimum atomic E-state index is -5.17. The van der Waals surface area contributed by atoms with E-state index in [0.717, 1.165) is 6.42 Å². The van der Waals surface area contributed by atoms with Gasteiger partial charge in [0.2, 0.25) is 0 Å². The third-order valence-electron chi connectivity index (χ3n) is 4.30. The number of carbonyl (C=O) groups is 1. The van der Waals surface area contributed by atoms with E-state index in [1.54, 1.807) is 0 Å². The molecule has 0 atom stereocenters. The first-order chi connectivity index (χ1) is 12.8. The first kappa shape index (κ1) is 37.6. The number of rotatable bonds is 17. The zero-order valence-electron chi connectivity index (χ0n) is 19.4. The van der Waals surface area contributed by atoms with Gasteiger partial charge in [0.05, 0.1) is 6.61 Å². The fraction of sp³-hybridized carbons (Fsp3) is 0.950. The molecule has 0 rings (SSSR count). The summed E-state index contributed by atoms with van der Waals surface area (Å²) in [5.41, 5.74) is 0. The summed E-state index contributed by atoms with van der Waals surface area (Å²) in [6.07, 6.45) is 22.0. The maximum atomic E-state index is 10.6. The van der Waals surface area contributed by atoms with Crippen molar-refractivity contribution in [1.82, 2.24) is 0 Å². The third-order valence-corrected chi connectivity index (χ3v) is 4.30. The van der Waals surface area contributed by atoms with Crippen LogP contribution >= 0.6 is 0 Å². The average Bonchev–Trinajstić information content (AvgIpc) is 2.56. The molecule has 0 aromatic rings. The molecule has 0 radical (unpaired) electrons. The van der Waals surface area contributed by atoms with Gasteiger partial charge in [-0.3, -0.25) is 13.2 Å². The Bertz CT molecular complexity index is 411. The fourth-order valence-corrected chi connectivity index (χ4v) is 2.87. The van der Waals surface area contributed by atoms with Crippen molar-refractivity contribution in [3.05, 3.63) is 0 Å². The van der Waals surface area contributed by atoms with Crippen molar-refractivity contribution in [3.63, 3.8) is 0 Å². The number of hydrogen-bond donors (Lipinski definition) is 0. The summed E-state index contributed by atoms with van der Waals surface area (Å²) in [6, 6.07) is 0. The minimum Gasteiger partial charge on any atom is -0.759 e. The van der Waals surface area contributed by atoms with Crippen molar-refractivity contribution in [2.45, 2.75) is 117 Å². The van der Waals surface area contributed by atoms with E-state index in [-0.39, 0.29) is 65.1 Å². The van der Waals surface area contributed by atoms with Crippen molar-refractivity contribution in [2.75, 3.05) is 6.61 Å². The molecule has 6 nitrogen and oxygen atoms in total. The van der Waals surface area contributed by atoms with Crippen molar-refractivity contribution >= 4 is 16.4 Å². The SMILES string of the molecule is CCCCCCCCCCCCCCCCCCOC(C)=O.O=S(=O)([O-])[O-].[Na+].[Na+]. The molecule has 164 valence electrons. The molecular formula is C20H40Na2O6S. The Morgan fingerprint density at radius 3 is 1.14 bits per heavy atom. The number of hydrogen-bond acceptors (Lipinski definition) is 6. The molecule has 9 heteroatoms. The molecule has 0 saturated heterocycles. The zero-order chi connectivity index (χ0) is 20.8. The fourth-order valence-electron chi connectivity index (χ4n) is 2.87. The van der Waals surface area contributed by atoms with Crippen LogP contribution in [0.4, 0.5) is 0 Å². The molecule has 0 unspecified atom stereocenters. The summed E-state index contributed by atoms with van der Waals surface area (Å²) in [5.74, 6) is -0.152. The van der Waals surface area contributed by atoms with Crippen LogP contribution < -0.4 is 59.1 Å². The van der Waals surface area contributed by atoms with Gasteiger partial charge < -0.3 is 13.8 Å². The zero-order valence-corrected chi connectivity index (χ0v) is 24.2. The van der Waals surface area contributed by atoms with E-state index in [9.17, 15) is 4.79 Å². The van der Waals surface area contributed by atoms with Crippen LogP contribution in [0.1, 0.15) is 117 Å². The van der Waals surface area contributed by atoms with Crippen LogP contribution in [0.5, 0.6) is 0 Å². The smallest absolute Gasteiger partial charge is 0.759 e. The molecule has 0 aliphatic heterocycles. The van der Waals surface area contributed by atoms with Gasteiger partial charge in [-0.15, -0.1) is 0 Å². The van der Waals surface area contributed by atoms with Gasteiger partial charge in [0.25, 0.3) is 0 Å². The molecule has 0 bridgehead atoms. The molecule has 0 aliphatic carbocycles. The van der Waals surface area contributed by atoms with Crippen LogP contribution in [0.2, 0.25) is 0 Å². The Labute approximate surface area is 223 Å². The quantitative estimate of drug-likeness (QED) is 0.0963. The second-order valence-electron chi connectivity index (χ2n) is 7.05. The standard InChI is InChI=1S/C20H40O2.2Na.H2O4S/c1-3-4-5-6-7-8-9-10-11-12-13-14-15-16-17-18-19-22-20(2)21;;;1-5(2,3)4/h3-19H2,1-2H3;;;(H2,1,2,3,4)/q;2*+1;/p-2. The summed E-state index contributed by atoms with van der Waals surface area (Å²) in [4.78, 5) is 10.6. The van der Waals surface area contributed by atoms with Gasteiger partial charge in [0.15, 0.2) is 0 Å². The molecule has 0 N–H and O–H groups in total. The Balaban J connectivity index is -0.000000396. The summed E-state index contributed by atoms with van der Waals surface area (Å²) in [6.45, 7) is 4.36. The predicted molar refractivity (Wildman–Crippen MR) is 107 cm³/mol. The average molecular weight is 455 g/mol. The monoisotopic (exact) mass is 454 g/mol. The van der Waals surface area contributed by atoms with E-state index in [2.05, 4.69) is 6.92 Å². The van der Waals surface area contributed by atoms with Gasteiger partial charge in [-0.05, 0) is 6.42 Å². The largest absolute Gasteiger partial charge is 1.00 e. The Morgan fingerprint density at radius 2 is 0.897 bits per heavy atom. The second kappa shape index (κ2) is 29.3. The van der Waals surface area contributed by atoms with Crippen LogP contribution in [0.3, 0.4) is 0 Å². The number of ether oxygens (including phenoxy) is 1. The maximum Gasteiger partial charge on any atom is 1.00 e. The summed E-state index contributed by atoms with van der Waals surface area (Å²) < 4.78 is 39.0. The Hall–Kier alpha value is 1.34. The molecule has 0 saturated carbocycles. The molecule has 0 heterocycles. The Kier molecular flexibility index (Phi) is 38.1. The van der Waals surface area contributed by atoms with E-state index < -0.39 is 10.4 Å². The van der Waals surface area contributed by atoms with Crippen molar-refractivity contribution < 1.29 is 86.2 Å². The van der Waals surface area contributed by atoms with E-state index in [4.69, 9.17) is 22.3 Å². The maximum absolute atomic E-state index is 10.6. The van der Waals surface area contributed by atoms with E-state index in [1.165, 1.54) is 103 Å². The summed E-state index contributed by atoms with van der Waals surface area (Å²) in [7, 11) is -5.17. The molecule has 0 fully saturated rings. The first-order valence-electron chi connectivity index (χ1n) is 10.6. The van der Waals surface area contributed by atoms with Gasteiger partial charge in [-0.1, -0.05) is 103 Å². The first-order valence-corrected chi connectivity index (χ1v) is 11.9. The summed E-state index contributed by atoms with van der Waals surface area (Å²) >= 11 is 0. The summed E-state index contributed by atoms with van der Waals surface area (Å²) in [5, 5.41) is 0. The third kappa shape index (κ3) is 53.0. The number of carbonyl (C=O) groups excluding carboxylic acids is 1. The van der Waals surface area contributed by atoms with Crippen LogP contribution in [0.15, 0.2) is 0 Å². The molecule has 0 aliphatic rings. The van der Waals surface area contributed by atoms with Crippen LogP contribution in [0.25, 0.3) is 0 Å². The molecule has 29 heavy (non-hydrogen) atoms. The molecule has 0 amide bonds. The van der Waals surface area contributed by atoms with Crippen LogP contribution in [-0.2, 0) is 19.9 Å². The molecular weight excluding hydrogens is 414 g/mol. The van der Waals surface area contributed by atoms with Gasteiger partial charge in [0.1, 0.15) is 0 Å². The predicted octanol–water partition coefficient (Wildman–Crippen LogP) is -0.519. The van der Waals surface area contributed by atoms with E-state index >= 15 is 0 Å². The van der Waals surface area contributed by atoms with Crippen molar-refractivity contribution in [2.24, 2.45) is 0 Å². The molecule has 0 spiro atoms. The topological polar surface area (TPSA) is 107 Å². The van der Waals surface area contributed by atoms with Crippen LogP contribution in [0, 0.1) is 0 Å². The van der Waals surface area contributed by atoms with Crippen molar-refractivity contribution in [3.8, 4) is 0 Å². The van der Waals surface area contributed by atoms with Crippen molar-refractivity contribution in [1.29, 1.82) is 0 Å². The van der Waals surface area contributed by atoms with Gasteiger partial charge in [-0.2, -0.15) is 0 Å². The number of unbranched alkanes of at least 4 members (excludes halogenated alkanes) is 15. The second-order valence-corrected chi connectivity index (χ2v) is 7.87. The van der Waals surface area contributed by atoms with Gasteiger partial charge >= 0.3 is 65.1 Å². The van der Waals surface area contributed by atoms with Crippen LogP contribution in [-0.4, -0.2) is 30.1 Å².